The van der Waals surface area contributed by atoms with Crippen LogP contribution in [0, 0.1) is 23.7 Å². The van der Waals surface area contributed by atoms with Crippen molar-refractivity contribution in [3.05, 3.63) is 47.0 Å². The van der Waals surface area contributed by atoms with Gasteiger partial charge in [-0.2, -0.15) is 0 Å². The maximum Gasteiger partial charge on any atom is 0.233 e. The number of amides is 2. The van der Waals surface area contributed by atoms with Gasteiger partial charge in [-0.25, -0.2) is 0 Å². The molecule has 0 aromatic heterocycles. The van der Waals surface area contributed by atoms with E-state index in [0.717, 1.165) is 30.4 Å². The Kier molecular flexibility index (Phi) is 5.05. The van der Waals surface area contributed by atoms with Crippen molar-refractivity contribution in [1.82, 2.24) is 15.5 Å². The van der Waals surface area contributed by atoms with Gasteiger partial charge >= 0.3 is 0 Å². The molecule has 1 aromatic carbocycles. The van der Waals surface area contributed by atoms with Crippen molar-refractivity contribution >= 4 is 29.4 Å². The van der Waals surface area contributed by atoms with Crippen molar-refractivity contribution in [2.24, 2.45) is 28.7 Å². The van der Waals surface area contributed by atoms with Gasteiger partial charge in [0.15, 0.2) is 5.96 Å². The van der Waals surface area contributed by atoms with Gasteiger partial charge in [0.1, 0.15) is 0 Å². The van der Waals surface area contributed by atoms with E-state index in [9.17, 15) is 9.59 Å². The lowest BCUT2D eigenvalue weighted by molar-refractivity contribution is -0.140. The summed E-state index contributed by atoms with van der Waals surface area (Å²) in [6.07, 6.45) is 6.24. The number of nitrogens with one attached hydrogen (secondary N) is 2. The van der Waals surface area contributed by atoms with Crippen LogP contribution in [0.1, 0.15) is 31.2 Å². The highest BCUT2D eigenvalue weighted by molar-refractivity contribution is 6.30. The lowest BCUT2D eigenvalue weighted by atomic mass is 9.85. The SMILES string of the molecule is CCNC(=NCCN1C(=O)C2C3C=CC(C3)C2C1=O)NC1CC1c1cccc(Cl)c1. The normalized spacial score (nSPS) is 33.9. The zero-order valence-electron chi connectivity index (χ0n) is 17.1. The van der Waals surface area contributed by atoms with Crippen molar-refractivity contribution in [1.29, 1.82) is 0 Å². The molecular formula is C23H27ClN4O2. The number of likely N-dealkylation sites (tertiary alicyclic amines) is 1. The number of fused-ring (bicyclic) bond motifs is 5. The highest BCUT2D eigenvalue weighted by Gasteiger charge is 2.58. The molecule has 30 heavy (non-hydrogen) atoms. The second kappa shape index (κ2) is 7.73. The van der Waals surface area contributed by atoms with Crippen molar-refractivity contribution < 1.29 is 9.59 Å². The van der Waals surface area contributed by atoms with Crippen LogP contribution in [0.2, 0.25) is 5.02 Å². The Morgan fingerprint density at radius 1 is 1.17 bits per heavy atom. The van der Waals surface area contributed by atoms with E-state index in [-0.39, 0.29) is 35.5 Å². The molecule has 1 heterocycles. The van der Waals surface area contributed by atoms with Gasteiger partial charge in [-0.1, -0.05) is 35.9 Å². The Balaban J connectivity index is 1.18. The molecule has 7 heteroatoms. The molecule has 1 saturated heterocycles. The molecule has 2 amide bonds. The summed E-state index contributed by atoms with van der Waals surface area (Å²) in [5, 5.41) is 7.49. The number of guanidine groups is 1. The minimum atomic E-state index is -0.132. The number of benzene rings is 1. The zero-order valence-corrected chi connectivity index (χ0v) is 17.8. The first-order valence-corrected chi connectivity index (χ1v) is 11.3. The second-order valence-corrected chi connectivity index (χ2v) is 9.17. The Labute approximate surface area is 181 Å². The Morgan fingerprint density at radius 3 is 2.57 bits per heavy atom. The number of hydrogen-bond donors (Lipinski definition) is 2. The van der Waals surface area contributed by atoms with Crippen LogP contribution in [-0.2, 0) is 9.59 Å². The monoisotopic (exact) mass is 426 g/mol. The molecule has 6 unspecified atom stereocenters. The number of rotatable bonds is 6. The number of aliphatic imine (C=N–C) groups is 1. The summed E-state index contributed by atoms with van der Waals surface area (Å²) in [7, 11) is 0. The average molecular weight is 427 g/mol. The number of nitrogens with zero attached hydrogens (tertiary/aromatic N) is 2. The smallest absolute Gasteiger partial charge is 0.233 e. The van der Waals surface area contributed by atoms with Crippen LogP contribution in [0.5, 0.6) is 0 Å². The number of imide groups is 1. The van der Waals surface area contributed by atoms with E-state index in [1.165, 1.54) is 10.5 Å². The Morgan fingerprint density at radius 2 is 1.90 bits per heavy atom. The first-order valence-electron chi connectivity index (χ1n) is 10.9. The molecule has 0 spiro atoms. The molecular weight excluding hydrogens is 400 g/mol. The largest absolute Gasteiger partial charge is 0.357 e. The highest BCUT2D eigenvalue weighted by Crippen LogP contribution is 2.52. The zero-order chi connectivity index (χ0) is 20.8. The first kappa shape index (κ1) is 19.6. The molecule has 6 nitrogen and oxygen atoms in total. The molecule has 5 rings (SSSR count). The van der Waals surface area contributed by atoms with Gasteiger partial charge in [-0.15, -0.1) is 0 Å². The quantitative estimate of drug-likeness (QED) is 0.317. The van der Waals surface area contributed by atoms with Crippen LogP contribution < -0.4 is 10.6 Å². The topological polar surface area (TPSA) is 73.8 Å². The lowest BCUT2D eigenvalue weighted by Crippen LogP contribution is -2.40. The standard InChI is InChI=1S/C23H27ClN4O2/c1-2-25-23(27-18-12-17(18)13-4-3-5-16(24)11-13)26-8-9-28-21(29)19-14-6-7-15(10-14)20(19)22(28)30/h3-7,11,14-15,17-20H,2,8-10,12H2,1H3,(H2,25,26,27). The molecule has 2 bridgehead atoms. The van der Waals surface area contributed by atoms with Gasteiger partial charge in [0.2, 0.25) is 11.8 Å². The van der Waals surface area contributed by atoms with Crippen molar-refractivity contribution in [3.63, 3.8) is 0 Å². The van der Waals surface area contributed by atoms with Crippen LogP contribution in [0.25, 0.3) is 0 Å². The summed E-state index contributed by atoms with van der Waals surface area (Å²) in [5.41, 5.74) is 1.24. The molecule has 2 N–H and O–H groups in total. The molecule has 1 aromatic rings. The fourth-order valence-electron chi connectivity index (χ4n) is 5.40. The number of carbonyl (C=O) groups excluding carboxylic acids is 2. The van der Waals surface area contributed by atoms with Crippen LogP contribution in [0.15, 0.2) is 41.4 Å². The number of hydrogen-bond acceptors (Lipinski definition) is 3. The fourth-order valence-corrected chi connectivity index (χ4v) is 5.60. The molecule has 6 atom stereocenters. The number of halogens is 1. The summed E-state index contributed by atoms with van der Waals surface area (Å²) in [4.78, 5) is 31.6. The van der Waals surface area contributed by atoms with E-state index in [2.05, 4.69) is 33.8 Å². The minimum Gasteiger partial charge on any atom is -0.357 e. The molecule has 1 aliphatic heterocycles. The van der Waals surface area contributed by atoms with Gasteiger partial charge in [-0.05, 0) is 49.3 Å². The van der Waals surface area contributed by atoms with E-state index in [4.69, 9.17) is 11.6 Å². The molecule has 3 fully saturated rings. The molecule has 4 aliphatic rings. The molecule has 0 radical (unpaired) electrons. The van der Waals surface area contributed by atoms with Crippen LogP contribution in [-0.4, -0.2) is 48.3 Å². The first-order chi connectivity index (χ1) is 14.6. The molecule has 2 saturated carbocycles. The predicted octanol–water partition coefficient (Wildman–Crippen LogP) is 2.56. The average Bonchev–Trinajstić information content (AvgIpc) is 3.06. The third-order valence-electron chi connectivity index (χ3n) is 6.89. The summed E-state index contributed by atoms with van der Waals surface area (Å²) in [5.74, 6) is 1.39. The summed E-state index contributed by atoms with van der Waals surface area (Å²) < 4.78 is 0. The van der Waals surface area contributed by atoms with E-state index in [1.54, 1.807) is 0 Å². The van der Waals surface area contributed by atoms with E-state index in [0.29, 0.717) is 25.0 Å². The van der Waals surface area contributed by atoms with E-state index >= 15 is 0 Å². The molecule has 3 aliphatic carbocycles. The van der Waals surface area contributed by atoms with Crippen LogP contribution >= 0.6 is 11.6 Å². The van der Waals surface area contributed by atoms with Crippen molar-refractivity contribution in [3.8, 4) is 0 Å². The maximum atomic E-state index is 12.8. The third kappa shape index (κ3) is 3.41. The van der Waals surface area contributed by atoms with E-state index < -0.39 is 0 Å². The summed E-state index contributed by atoms with van der Waals surface area (Å²) >= 11 is 6.11. The maximum absolute atomic E-state index is 12.8. The summed E-state index contributed by atoms with van der Waals surface area (Å²) in [6.45, 7) is 3.53. The van der Waals surface area contributed by atoms with Crippen LogP contribution in [0.3, 0.4) is 0 Å². The van der Waals surface area contributed by atoms with Gasteiger partial charge in [0.05, 0.1) is 18.4 Å². The Bertz CT molecular complexity index is 900. The highest BCUT2D eigenvalue weighted by atomic mass is 35.5. The van der Waals surface area contributed by atoms with Gasteiger partial charge < -0.3 is 10.6 Å². The molecule has 158 valence electrons. The van der Waals surface area contributed by atoms with E-state index in [1.807, 2.05) is 25.1 Å². The lowest BCUT2D eigenvalue weighted by Gasteiger charge is -2.17. The number of carbonyl (C=O) groups is 2. The Hall–Kier alpha value is -2.34. The van der Waals surface area contributed by atoms with Gasteiger partial charge in [-0.3, -0.25) is 19.5 Å². The third-order valence-corrected chi connectivity index (χ3v) is 7.12. The minimum absolute atomic E-state index is 0.00165. The second-order valence-electron chi connectivity index (χ2n) is 8.74. The van der Waals surface area contributed by atoms with Crippen molar-refractivity contribution in [2.45, 2.75) is 31.7 Å². The van der Waals surface area contributed by atoms with Crippen molar-refractivity contribution in [2.75, 3.05) is 19.6 Å². The predicted molar refractivity (Wildman–Crippen MR) is 116 cm³/mol. The van der Waals surface area contributed by atoms with Gasteiger partial charge in [0.25, 0.3) is 0 Å². The van der Waals surface area contributed by atoms with Gasteiger partial charge in [0, 0.05) is 30.1 Å². The van der Waals surface area contributed by atoms with Crippen LogP contribution in [0.4, 0.5) is 0 Å². The summed E-state index contributed by atoms with van der Waals surface area (Å²) in [6, 6.07) is 8.30. The number of allylic oxidation sites excluding steroid dienone is 2. The fraction of sp³-hybridized carbons (Fsp3) is 0.522.